The number of hydrogen-bond acceptors (Lipinski definition) is 5. The van der Waals surface area contributed by atoms with E-state index in [1.54, 1.807) is 37.2 Å². The number of carbonyl (C=O) groups excluding carboxylic acids is 1. The number of nitrogens with zero attached hydrogens (tertiary/aromatic N) is 5. The first-order valence-corrected chi connectivity index (χ1v) is 10.6. The molecule has 11 heteroatoms. The van der Waals surface area contributed by atoms with Gasteiger partial charge in [0, 0.05) is 37.4 Å². The van der Waals surface area contributed by atoms with Crippen molar-refractivity contribution in [2.75, 3.05) is 25.0 Å². The number of carboxylic acids is 1. The van der Waals surface area contributed by atoms with E-state index in [9.17, 15) is 27.9 Å². The maximum absolute atomic E-state index is 13.5. The van der Waals surface area contributed by atoms with E-state index >= 15 is 0 Å². The topological polar surface area (TPSA) is 81.9 Å². The average molecular weight is 475 g/mol. The Morgan fingerprint density at radius 2 is 1.88 bits per heavy atom. The number of hydrazine groups is 1. The summed E-state index contributed by atoms with van der Waals surface area (Å²) in [7, 11) is 1.59. The van der Waals surface area contributed by atoms with E-state index in [1.165, 1.54) is 28.2 Å². The zero-order valence-electron chi connectivity index (χ0n) is 18.7. The van der Waals surface area contributed by atoms with Gasteiger partial charge in [0.05, 0.1) is 12.1 Å². The second-order valence-corrected chi connectivity index (χ2v) is 8.34. The van der Waals surface area contributed by atoms with Gasteiger partial charge in [-0.15, -0.1) is 0 Å². The normalized spacial score (nSPS) is 13.5. The van der Waals surface area contributed by atoms with Crippen molar-refractivity contribution in [1.29, 1.82) is 0 Å². The van der Waals surface area contributed by atoms with Crippen LogP contribution in [0.4, 0.5) is 18.9 Å². The molecule has 0 bridgehead atoms. The summed E-state index contributed by atoms with van der Waals surface area (Å²) >= 11 is 0. The van der Waals surface area contributed by atoms with Crippen molar-refractivity contribution in [2.45, 2.75) is 33.0 Å². The zero-order valence-corrected chi connectivity index (χ0v) is 18.7. The first-order chi connectivity index (χ1) is 16.1. The molecule has 0 unspecified atom stereocenters. The number of hydrogen-bond donors (Lipinski definition) is 1. The fourth-order valence-corrected chi connectivity index (χ4v) is 4.17. The largest absolute Gasteiger partial charge is 0.480 e. The number of rotatable bonds is 8. The number of benzene rings is 2. The summed E-state index contributed by atoms with van der Waals surface area (Å²) < 4.78 is 40.2. The number of likely N-dealkylation sites (N-methyl/N-ethyl adjacent to an activating group) is 1. The van der Waals surface area contributed by atoms with Gasteiger partial charge in [-0.05, 0) is 47.9 Å². The van der Waals surface area contributed by atoms with Gasteiger partial charge in [0.25, 0.3) is 12.3 Å². The van der Waals surface area contributed by atoms with E-state index in [-0.39, 0.29) is 18.3 Å². The molecule has 1 aromatic heterocycles. The molecule has 1 amide bonds. The van der Waals surface area contributed by atoms with Gasteiger partial charge in [-0.3, -0.25) is 19.3 Å². The summed E-state index contributed by atoms with van der Waals surface area (Å²) in [5.41, 5.74) is 3.30. The monoisotopic (exact) mass is 475 g/mol. The van der Waals surface area contributed by atoms with Crippen LogP contribution in [0.3, 0.4) is 0 Å². The molecule has 34 heavy (non-hydrogen) atoms. The minimum absolute atomic E-state index is 0.228. The Morgan fingerprint density at radius 3 is 2.59 bits per heavy atom. The minimum atomic E-state index is -2.56. The molecule has 0 saturated carbocycles. The highest BCUT2D eigenvalue weighted by Crippen LogP contribution is 2.28. The second kappa shape index (κ2) is 9.34. The third kappa shape index (κ3) is 4.98. The highest BCUT2D eigenvalue weighted by Gasteiger charge is 2.27. The summed E-state index contributed by atoms with van der Waals surface area (Å²) in [6.45, 7) is 1.34. The molecule has 3 aromatic rings. The van der Waals surface area contributed by atoms with Crippen LogP contribution < -0.4 is 4.90 Å². The summed E-state index contributed by atoms with van der Waals surface area (Å²) in [5.74, 6) is -1.82. The molecular weight excluding hydrogens is 451 g/mol. The lowest BCUT2D eigenvalue weighted by Crippen LogP contribution is -2.47. The summed E-state index contributed by atoms with van der Waals surface area (Å²) in [6, 6.07) is 7.84. The van der Waals surface area contributed by atoms with Crippen LogP contribution in [0, 0.1) is 12.7 Å². The van der Waals surface area contributed by atoms with Crippen LogP contribution in [0.25, 0.3) is 10.9 Å². The SMILES string of the molecule is Cc1cc2cn(CC(F)F)nc2cc1N(CC(=O)O)CC(=O)N(C)N1Cc2ccc(F)cc2C1. The molecule has 2 aromatic carbocycles. The van der Waals surface area contributed by atoms with E-state index in [0.717, 1.165) is 15.8 Å². The first kappa shape index (κ1) is 23.6. The number of aliphatic carboxylic acids is 1. The van der Waals surface area contributed by atoms with Crippen molar-refractivity contribution in [1.82, 2.24) is 19.8 Å². The fourth-order valence-electron chi connectivity index (χ4n) is 4.17. The Labute approximate surface area is 193 Å². The van der Waals surface area contributed by atoms with Crippen molar-refractivity contribution < 1.29 is 27.9 Å². The van der Waals surface area contributed by atoms with Gasteiger partial charge < -0.3 is 10.0 Å². The predicted octanol–water partition coefficient (Wildman–Crippen LogP) is 3.03. The summed E-state index contributed by atoms with van der Waals surface area (Å²) in [5, 5.41) is 17.4. The molecule has 0 fully saturated rings. The standard InChI is InChI=1S/C23H24F3N5O3/c1-14-5-17-8-30(11-21(25)26)27-19(17)7-20(14)29(13-23(33)34)12-22(32)28(2)31-9-15-3-4-18(24)6-16(15)10-31/h3-8,21H,9-13H2,1-2H3,(H,33,34). The second-order valence-electron chi connectivity index (χ2n) is 8.34. The maximum atomic E-state index is 13.5. The van der Waals surface area contributed by atoms with Crippen molar-refractivity contribution in [2.24, 2.45) is 0 Å². The third-order valence-corrected chi connectivity index (χ3v) is 5.85. The van der Waals surface area contributed by atoms with Crippen LogP contribution in [-0.2, 0) is 29.2 Å². The summed E-state index contributed by atoms with van der Waals surface area (Å²) in [6.07, 6.45) is -1.05. The Morgan fingerprint density at radius 1 is 1.15 bits per heavy atom. The van der Waals surface area contributed by atoms with Crippen LogP contribution >= 0.6 is 0 Å². The Hall–Kier alpha value is -3.60. The smallest absolute Gasteiger partial charge is 0.323 e. The van der Waals surface area contributed by atoms with Crippen LogP contribution in [0.15, 0.2) is 36.5 Å². The highest BCUT2D eigenvalue weighted by molar-refractivity contribution is 5.88. The van der Waals surface area contributed by atoms with Gasteiger partial charge in [0.1, 0.15) is 18.9 Å². The number of aromatic nitrogens is 2. The Kier molecular flexibility index (Phi) is 6.47. The third-order valence-electron chi connectivity index (χ3n) is 5.85. The molecule has 8 nitrogen and oxygen atoms in total. The van der Waals surface area contributed by atoms with E-state index in [1.807, 2.05) is 0 Å². The number of aryl methyl sites for hydroxylation is 1. The van der Waals surface area contributed by atoms with Gasteiger partial charge in [0.2, 0.25) is 0 Å². The van der Waals surface area contributed by atoms with Gasteiger partial charge >= 0.3 is 5.97 Å². The lowest BCUT2D eigenvalue weighted by Gasteiger charge is -2.31. The number of fused-ring (bicyclic) bond motifs is 2. The number of anilines is 1. The van der Waals surface area contributed by atoms with Crippen LogP contribution in [0.1, 0.15) is 16.7 Å². The first-order valence-electron chi connectivity index (χ1n) is 10.6. The molecule has 0 saturated heterocycles. The molecule has 0 spiro atoms. The molecule has 180 valence electrons. The molecule has 0 radical (unpaired) electrons. The molecule has 1 aliphatic heterocycles. The van der Waals surface area contributed by atoms with Gasteiger partial charge in [-0.25, -0.2) is 18.2 Å². The molecule has 0 aliphatic carbocycles. The number of amides is 1. The van der Waals surface area contributed by atoms with Gasteiger partial charge in [-0.2, -0.15) is 5.10 Å². The van der Waals surface area contributed by atoms with Crippen LogP contribution in [0.2, 0.25) is 0 Å². The Balaban J connectivity index is 1.55. The average Bonchev–Trinajstić information content (AvgIpc) is 3.33. The van der Waals surface area contributed by atoms with E-state index in [2.05, 4.69) is 5.10 Å². The molecule has 4 rings (SSSR count). The number of halogens is 3. The van der Waals surface area contributed by atoms with Crippen LogP contribution in [-0.4, -0.2) is 63.3 Å². The number of alkyl halides is 2. The molecule has 1 aliphatic rings. The Bertz CT molecular complexity index is 1250. The van der Waals surface area contributed by atoms with E-state index in [4.69, 9.17) is 0 Å². The van der Waals surface area contributed by atoms with E-state index in [0.29, 0.717) is 35.2 Å². The maximum Gasteiger partial charge on any atom is 0.323 e. The fraction of sp³-hybridized carbons (Fsp3) is 0.348. The molecule has 2 heterocycles. The van der Waals surface area contributed by atoms with Crippen molar-refractivity contribution in [3.63, 3.8) is 0 Å². The quantitative estimate of drug-likeness (QED) is 0.540. The van der Waals surface area contributed by atoms with Crippen LogP contribution in [0.5, 0.6) is 0 Å². The van der Waals surface area contributed by atoms with Crippen molar-refractivity contribution in [3.8, 4) is 0 Å². The minimum Gasteiger partial charge on any atom is -0.480 e. The summed E-state index contributed by atoms with van der Waals surface area (Å²) in [4.78, 5) is 26.1. The molecule has 0 atom stereocenters. The van der Waals surface area contributed by atoms with Gasteiger partial charge in [0.15, 0.2) is 0 Å². The lowest BCUT2D eigenvalue weighted by molar-refractivity contribution is -0.145. The molecule has 1 N–H and O–H groups in total. The van der Waals surface area contributed by atoms with Crippen molar-refractivity contribution >= 4 is 28.5 Å². The lowest BCUT2D eigenvalue weighted by atomic mass is 10.1. The zero-order chi connectivity index (χ0) is 24.6. The number of carbonyl (C=O) groups is 2. The molecular formula is C23H24F3N5O3. The number of carboxylic acid groups (broad SMARTS) is 1. The van der Waals surface area contributed by atoms with Gasteiger partial charge in [-0.1, -0.05) is 6.07 Å². The van der Waals surface area contributed by atoms with E-state index < -0.39 is 25.5 Å². The van der Waals surface area contributed by atoms with Crippen molar-refractivity contribution in [3.05, 3.63) is 59.0 Å². The predicted molar refractivity (Wildman–Crippen MR) is 119 cm³/mol. The highest BCUT2D eigenvalue weighted by atomic mass is 19.3.